The molecular formula is C11H24N2O. The summed E-state index contributed by atoms with van der Waals surface area (Å²) in [6.07, 6.45) is 4.51. The summed E-state index contributed by atoms with van der Waals surface area (Å²) in [5.74, 6) is 0.850. The van der Waals surface area contributed by atoms with Crippen molar-refractivity contribution in [2.24, 2.45) is 11.7 Å². The Bertz CT molecular complexity index is 142. The number of aliphatic hydroxyl groups is 1. The van der Waals surface area contributed by atoms with Gasteiger partial charge in [-0.25, -0.2) is 0 Å². The molecule has 0 amide bonds. The van der Waals surface area contributed by atoms with Gasteiger partial charge in [-0.3, -0.25) is 0 Å². The van der Waals surface area contributed by atoms with Gasteiger partial charge in [0, 0.05) is 6.54 Å². The van der Waals surface area contributed by atoms with Crippen molar-refractivity contribution in [2.75, 3.05) is 26.2 Å². The van der Waals surface area contributed by atoms with E-state index in [1.165, 1.54) is 32.4 Å². The summed E-state index contributed by atoms with van der Waals surface area (Å²) in [5.41, 5.74) is 5.55. The molecule has 1 unspecified atom stereocenters. The van der Waals surface area contributed by atoms with Crippen LogP contribution in [0.4, 0.5) is 0 Å². The first kappa shape index (κ1) is 12.0. The Morgan fingerprint density at radius 1 is 1.43 bits per heavy atom. The Labute approximate surface area is 87.3 Å². The van der Waals surface area contributed by atoms with Crippen LogP contribution in [0.1, 0.15) is 32.6 Å². The van der Waals surface area contributed by atoms with Gasteiger partial charge in [-0.2, -0.15) is 0 Å². The summed E-state index contributed by atoms with van der Waals surface area (Å²) >= 11 is 0. The summed E-state index contributed by atoms with van der Waals surface area (Å²) in [6.45, 7) is 6.13. The van der Waals surface area contributed by atoms with Crippen LogP contribution < -0.4 is 5.73 Å². The first-order valence-corrected chi connectivity index (χ1v) is 5.83. The molecule has 0 aromatic carbocycles. The number of rotatable bonds is 5. The maximum absolute atomic E-state index is 9.18. The second-order valence-electron chi connectivity index (χ2n) is 4.50. The Kier molecular flexibility index (Phi) is 5.45. The Morgan fingerprint density at radius 2 is 2.07 bits per heavy atom. The van der Waals surface area contributed by atoms with E-state index < -0.39 is 0 Å². The van der Waals surface area contributed by atoms with Crippen molar-refractivity contribution in [3.63, 3.8) is 0 Å². The maximum atomic E-state index is 9.18. The van der Waals surface area contributed by atoms with Crippen molar-refractivity contribution in [3.8, 4) is 0 Å². The summed E-state index contributed by atoms with van der Waals surface area (Å²) in [6, 6.07) is 0. The van der Waals surface area contributed by atoms with E-state index >= 15 is 0 Å². The van der Waals surface area contributed by atoms with Gasteiger partial charge in [0.15, 0.2) is 0 Å². The number of hydrogen-bond donors (Lipinski definition) is 2. The minimum absolute atomic E-state index is 0.156. The minimum atomic E-state index is -0.156. The summed E-state index contributed by atoms with van der Waals surface area (Å²) in [4.78, 5) is 2.46. The second-order valence-corrected chi connectivity index (χ2v) is 4.50. The normalized spacial score (nSPS) is 22.5. The Morgan fingerprint density at radius 3 is 2.57 bits per heavy atom. The molecule has 1 fully saturated rings. The molecule has 3 N–H and O–H groups in total. The SMILES string of the molecule is CC(O)CCN1CCC(CCN)CC1. The monoisotopic (exact) mass is 200 g/mol. The molecule has 1 aliphatic heterocycles. The first-order valence-electron chi connectivity index (χ1n) is 5.83. The van der Waals surface area contributed by atoms with Gasteiger partial charge in [-0.15, -0.1) is 0 Å². The molecule has 1 atom stereocenters. The van der Waals surface area contributed by atoms with Crippen LogP contribution in [-0.4, -0.2) is 42.3 Å². The average Bonchev–Trinajstić information content (AvgIpc) is 2.17. The predicted octanol–water partition coefficient (Wildman–Crippen LogP) is 0.818. The van der Waals surface area contributed by atoms with Crippen molar-refractivity contribution in [2.45, 2.75) is 38.7 Å². The third-order valence-electron chi connectivity index (χ3n) is 3.15. The molecule has 3 nitrogen and oxygen atoms in total. The van der Waals surface area contributed by atoms with Gasteiger partial charge in [-0.1, -0.05) is 0 Å². The maximum Gasteiger partial charge on any atom is 0.0524 e. The van der Waals surface area contributed by atoms with E-state index in [4.69, 9.17) is 5.73 Å². The van der Waals surface area contributed by atoms with Gasteiger partial charge < -0.3 is 15.7 Å². The van der Waals surface area contributed by atoms with Crippen LogP contribution in [0.5, 0.6) is 0 Å². The van der Waals surface area contributed by atoms with Gasteiger partial charge in [0.25, 0.3) is 0 Å². The van der Waals surface area contributed by atoms with Crippen LogP contribution in [0.3, 0.4) is 0 Å². The third-order valence-corrected chi connectivity index (χ3v) is 3.15. The summed E-state index contributed by atoms with van der Waals surface area (Å²) in [7, 11) is 0. The molecule has 0 aromatic rings. The van der Waals surface area contributed by atoms with Crippen molar-refractivity contribution in [3.05, 3.63) is 0 Å². The number of aliphatic hydroxyl groups excluding tert-OH is 1. The highest BCUT2D eigenvalue weighted by Gasteiger charge is 2.18. The molecule has 14 heavy (non-hydrogen) atoms. The zero-order chi connectivity index (χ0) is 10.4. The standard InChI is InChI=1S/C11H24N2O/c1-10(14)3-7-13-8-4-11(2-6-12)5-9-13/h10-11,14H,2-9,12H2,1H3. The molecule has 0 saturated carbocycles. The van der Waals surface area contributed by atoms with Gasteiger partial charge in [0.05, 0.1) is 6.10 Å². The molecule has 0 radical (unpaired) electrons. The van der Waals surface area contributed by atoms with Gasteiger partial charge in [0.2, 0.25) is 0 Å². The van der Waals surface area contributed by atoms with E-state index in [0.717, 1.165) is 25.4 Å². The van der Waals surface area contributed by atoms with E-state index in [1.807, 2.05) is 6.92 Å². The molecule has 1 saturated heterocycles. The third kappa shape index (κ3) is 4.40. The number of nitrogens with two attached hydrogens (primary N) is 1. The van der Waals surface area contributed by atoms with Crippen molar-refractivity contribution < 1.29 is 5.11 Å². The lowest BCUT2D eigenvalue weighted by Crippen LogP contribution is -2.35. The van der Waals surface area contributed by atoms with E-state index in [9.17, 15) is 5.11 Å². The lowest BCUT2D eigenvalue weighted by molar-refractivity contribution is 0.132. The molecule has 0 aliphatic carbocycles. The molecule has 1 rings (SSSR count). The average molecular weight is 200 g/mol. The molecule has 3 heteroatoms. The second kappa shape index (κ2) is 6.38. The molecule has 0 aromatic heterocycles. The highest BCUT2D eigenvalue weighted by atomic mass is 16.3. The number of nitrogens with zero attached hydrogens (tertiary/aromatic N) is 1. The van der Waals surface area contributed by atoms with Crippen molar-refractivity contribution in [1.82, 2.24) is 4.90 Å². The summed E-state index contributed by atoms with van der Waals surface area (Å²) < 4.78 is 0. The van der Waals surface area contributed by atoms with Gasteiger partial charge >= 0.3 is 0 Å². The van der Waals surface area contributed by atoms with Gasteiger partial charge in [-0.05, 0) is 58.2 Å². The number of likely N-dealkylation sites (tertiary alicyclic amines) is 1. The number of hydrogen-bond acceptors (Lipinski definition) is 3. The van der Waals surface area contributed by atoms with Crippen molar-refractivity contribution >= 4 is 0 Å². The molecule has 1 aliphatic rings. The van der Waals surface area contributed by atoms with Crippen molar-refractivity contribution in [1.29, 1.82) is 0 Å². The molecule has 0 bridgehead atoms. The quantitative estimate of drug-likeness (QED) is 0.691. The van der Waals surface area contributed by atoms with E-state index in [-0.39, 0.29) is 6.10 Å². The van der Waals surface area contributed by atoms with Crippen LogP contribution in [0.15, 0.2) is 0 Å². The zero-order valence-electron chi connectivity index (χ0n) is 9.28. The largest absolute Gasteiger partial charge is 0.393 e. The lowest BCUT2D eigenvalue weighted by atomic mass is 9.93. The van der Waals surface area contributed by atoms with Crippen LogP contribution in [0, 0.1) is 5.92 Å². The zero-order valence-corrected chi connectivity index (χ0v) is 9.28. The fourth-order valence-electron chi connectivity index (χ4n) is 2.10. The van der Waals surface area contributed by atoms with Crippen LogP contribution in [0.2, 0.25) is 0 Å². The molecular weight excluding hydrogens is 176 g/mol. The van der Waals surface area contributed by atoms with E-state index in [0.29, 0.717) is 0 Å². The number of piperidine rings is 1. The van der Waals surface area contributed by atoms with Crippen LogP contribution in [-0.2, 0) is 0 Å². The molecule has 0 spiro atoms. The topological polar surface area (TPSA) is 49.5 Å². The minimum Gasteiger partial charge on any atom is -0.393 e. The van der Waals surface area contributed by atoms with E-state index in [2.05, 4.69) is 4.90 Å². The fourth-order valence-corrected chi connectivity index (χ4v) is 2.10. The fraction of sp³-hybridized carbons (Fsp3) is 1.00. The lowest BCUT2D eigenvalue weighted by Gasteiger charge is -2.32. The van der Waals surface area contributed by atoms with Crippen LogP contribution >= 0.6 is 0 Å². The van der Waals surface area contributed by atoms with E-state index in [1.54, 1.807) is 0 Å². The highest BCUT2D eigenvalue weighted by Crippen LogP contribution is 2.19. The highest BCUT2D eigenvalue weighted by molar-refractivity contribution is 4.72. The van der Waals surface area contributed by atoms with Gasteiger partial charge in [0.1, 0.15) is 0 Å². The van der Waals surface area contributed by atoms with Crippen LogP contribution in [0.25, 0.3) is 0 Å². The Hall–Kier alpha value is -0.120. The smallest absolute Gasteiger partial charge is 0.0524 e. The molecule has 84 valence electrons. The molecule has 1 heterocycles. The predicted molar refractivity (Wildman–Crippen MR) is 59.1 cm³/mol. The Balaban J connectivity index is 2.09. The first-order chi connectivity index (χ1) is 6.72. The summed E-state index contributed by atoms with van der Waals surface area (Å²) in [5, 5.41) is 9.18.